The standard InChI is InChI=1S/C16H27N3O/c1-3-8-17-11-14-12-19(18-13(14)2)15-5-9-20-16(10-15)6-4-7-16/h12,15,17H,3-11H2,1-2H3. The van der Waals surface area contributed by atoms with E-state index >= 15 is 0 Å². The maximum absolute atomic E-state index is 6.02. The fraction of sp³-hybridized carbons (Fsp3) is 0.812. The van der Waals surface area contributed by atoms with Crippen molar-refractivity contribution >= 4 is 0 Å². The van der Waals surface area contributed by atoms with Crippen molar-refractivity contribution in [3.05, 3.63) is 17.5 Å². The van der Waals surface area contributed by atoms with E-state index in [1.807, 2.05) is 0 Å². The van der Waals surface area contributed by atoms with Gasteiger partial charge in [0.05, 0.1) is 17.3 Å². The van der Waals surface area contributed by atoms with E-state index in [0.29, 0.717) is 6.04 Å². The van der Waals surface area contributed by atoms with E-state index in [1.165, 1.54) is 36.9 Å². The zero-order valence-corrected chi connectivity index (χ0v) is 12.8. The minimum Gasteiger partial charge on any atom is -0.375 e. The average molecular weight is 277 g/mol. The molecule has 4 heteroatoms. The zero-order valence-electron chi connectivity index (χ0n) is 12.8. The third-order valence-electron chi connectivity index (χ3n) is 4.87. The lowest BCUT2D eigenvalue weighted by Crippen LogP contribution is -2.46. The van der Waals surface area contributed by atoms with Gasteiger partial charge in [-0.2, -0.15) is 5.10 Å². The summed E-state index contributed by atoms with van der Waals surface area (Å²) in [7, 11) is 0. The van der Waals surface area contributed by atoms with Crippen LogP contribution in [0.25, 0.3) is 0 Å². The summed E-state index contributed by atoms with van der Waals surface area (Å²) in [5, 5.41) is 8.23. The molecule has 2 fully saturated rings. The van der Waals surface area contributed by atoms with Gasteiger partial charge in [0.15, 0.2) is 0 Å². The maximum Gasteiger partial charge on any atom is 0.0703 e. The Balaban J connectivity index is 1.65. The van der Waals surface area contributed by atoms with Crippen molar-refractivity contribution < 1.29 is 4.74 Å². The third kappa shape index (κ3) is 2.77. The summed E-state index contributed by atoms with van der Waals surface area (Å²) < 4.78 is 8.23. The lowest BCUT2D eigenvalue weighted by molar-refractivity contribution is -0.141. The van der Waals surface area contributed by atoms with Crippen molar-refractivity contribution in [2.24, 2.45) is 0 Å². The van der Waals surface area contributed by atoms with Crippen LogP contribution < -0.4 is 5.32 Å². The van der Waals surface area contributed by atoms with Crippen molar-refractivity contribution in [1.82, 2.24) is 15.1 Å². The molecule has 20 heavy (non-hydrogen) atoms. The molecule has 1 aliphatic heterocycles. The second-order valence-corrected chi connectivity index (χ2v) is 6.43. The Morgan fingerprint density at radius 1 is 1.50 bits per heavy atom. The highest BCUT2D eigenvalue weighted by Crippen LogP contribution is 2.45. The van der Waals surface area contributed by atoms with Gasteiger partial charge in [-0.05, 0) is 52.0 Å². The first-order chi connectivity index (χ1) is 9.72. The summed E-state index contributed by atoms with van der Waals surface area (Å²) in [6, 6.07) is 0.530. The Bertz CT molecular complexity index is 451. The number of nitrogens with one attached hydrogen (secondary N) is 1. The Kier molecular flexibility index (Phi) is 4.13. The van der Waals surface area contributed by atoms with Crippen molar-refractivity contribution in [3.63, 3.8) is 0 Å². The molecule has 0 radical (unpaired) electrons. The van der Waals surface area contributed by atoms with Gasteiger partial charge >= 0.3 is 0 Å². The fourth-order valence-electron chi connectivity index (χ4n) is 3.43. The Morgan fingerprint density at radius 3 is 3.05 bits per heavy atom. The van der Waals surface area contributed by atoms with Crippen LogP contribution in [0.3, 0.4) is 0 Å². The average Bonchev–Trinajstić information content (AvgIpc) is 2.79. The molecule has 3 rings (SSSR count). The number of aryl methyl sites for hydroxylation is 1. The van der Waals surface area contributed by atoms with E-state index < -0.39 is 0 Å². The molecule has 4 nitrogen and oxygen atoms in total. The van der Waals surface area contributed by atoms with Gasteiger partial charge in [0.1, 0.15) is 0 Å². The van der Waals surface area contributed by atoms with E-state index in [4.69, 9.17) is 9.84 Å². The van der Waals surface area contributed by atoms with Gasteiger partial charge in [-0.3, -0.25) is 4.68 Å². The van der Waals surface area contributed by atoms with Gasteiger partial charge in [0.25, 0.3) is 0 Å². The van der Waals surface area contributed by atoms with Gasteiger partial charge in [0, 0.05) is 24.9 Å². The normalized spacial score (nSPS) is 24.8. The number of hydrogen-bond donors (Lipinski definition) is 1. The molecular weight excluding hydrogens is 250 g/mol. The van der Waals surface area contributed by atoms with Crippen molar-refractivity contribution in [3.8, 4) is 0 Å². The molecule has 1 spiro atoms. The first kappa shape index (κ1) is 14.1. The van der Waals surface area contributed by atoms with E-state index in [0.717, 1.165) is 32.5 Å². The topological polar surface area (TPSA) is 39.1 Å². The van der Waals surface area contributed by atoms with Gasteiger partial charge in [0.2, 0.25) is 0 Å². The number of rotatable bonds is 5. The first-order valence-corrected chi connectivity index (χ1v) is 8.12. The molecule has 1 aliphatic carbocycles. The lowest BCUT2D eigenvalue weighted by atomic mass is 9.74. The summed E-state index contributed by atoms with van der Waals surface area (Å²) in [5.41, 5.74) is 2.71. The lowest BCUT2D eigenvalue weighted by Gasteiger charge is -2.47. The van der Waals surface area contributed by atoms with Gasteiger partial charge in [-0.25, -0.2) is 0 Å². The van der Waals surface area contributed by atoms with Crippen LogP contribution in [0.2, 0.25) is 0 Å². The van der Waals surface area contributed by atoms with Crippen LogP contribution >= 0.6 is 0 Å². The Hall–Kier alpha value is -0.870. The van der Waals surface area contributed by atoms with Crippen LogP contribution in [0.15, 0.2) is 6.20 Å². The highest BCUT2D eigenvalue weighted by molar-refractivity contribution is 5.16. The Labute approximate surface area is 121 Å². The third-order valence-corrected chi connectivity index (χ3v) is 4.87. The monoisotopic (exact) mass is 277 g/mol. The van der Waals surface area contributed by atoms with E-state index in [1.54, 1.807) is 0 Å². The fourth-order valence-corrected chi connectivity index (χ4v) is 3.43. The van der Waals surface area contributed by atoms with Gasteiger partial charge in [-0.15, -0.1) is 0 Å². The molecule has 1 saturated heterocycles. The van der Waals surface area contributed by atoms with Crippen LogP contribution in [0.4, 0.5) is 0 Å². The van der Waals surface area contributed by atoms with Crippen molar-refractivity contribution in [2.45, 2.75) is 70.6 Å². The molecule has 1 atom stereocenters. The zero-order chi connectivity index (χ0) is 14.0. The van der Waals surface area contributed by atoms with E-state index in [-0.39, 0.29) is 5.60 Å². The summed E-state index contributed by atoms with van der Waals surface area (Å²) in [4.78, 5) is 0. The minimum absolute atomic E-state index is 0.198. The van der Waals surface area contributed by atoms with E-state index in [9.17, 15) is 0 Å². The first-order valence-electron chi connectivity index (χ1n) is 8.12. The molecule has 0 bridgehead atoms. The molecular formula is C16H27N3O. The summed E-state index contributed by atoms with van der Waals surface area (Å²) in [6.07, 6.45) is 9.50. The molecule has 2 aliphatic rings. The van der Waals surface area contributed by atoms with Crippen molar-refractivity contribution in [2.75, 3.05) is 13.2 Å². The van der Waals surface area contributed by atoms with Gasteiger partial charge in [-0.1, -0.05) is 6.92 Å². The molecule has 1 unspecified atom stereocenters. The van der Waals surface area contributed by atoms with E-state index in [2.05, 4.69) is 30.0 Å². The van der Waals surface area contributed by atoms with Crippen molar-refractivity contribution in [1.29, 1.82) is 0 Å². The number of hydrogen-bond acceptors (Lipinski definition) is 3. The second-order valence-electron chi connectivity index (χ2n) is 6.43. The maximum atomic E-state index is 6.02. The quantitative estimate of drug-likeness (QED) is 0.841. The second kappa shape index (κ2) is 5.86. The largest absolute Gasteiger partial charge is 0.375 e. The molecule has 1 aromatic rings. The summed E-state index contributed by atoms with van der Waals surface area (Å²) in [5.74, 6) is 0. The SMILES string of the molecule is CCCNCc1cn(C2CCOC3(CCC3)C2)nc1C. The highest BCUT2D eigenvalue weighted by Gasteiger charge is 2.43. The molecule has 0 amide bonds. The molecule has 0 aromatic carbocycles. The number of aromatic nitrogens is 2. The van der Waals surface area contributed by atoms with Crippen LogP contribution in [0.1, 0.15) is 62.7 Å². The summed E-state index contributed by atoms with van der Waals surface area (Å²) >= 11 is 0. The predicted molar refractivity (Wildman–Crippen MR) is 79.8 cm³/mol. The molecule has 2 heterocycles. The smallest absolute Gasteiger partial charge is 0.0703 e. The molecule has 1 saturated carbocycles. The molecule has 112 valence electrons. The molecule has 1 N–H and O–H groups in total. The number of ether oxygens (including phenoxy) is 1. The number of nitrogens with zero attached hydrogens (tertiary/aromatic N) is 2. The van der Waals surface area contributed by atoms with Gasteiger partial charge < -0.3 is 10.1 Å². The van der Waals surface area contributed by atoms with Crippen LogP contribution in [0, 0.1) is 6.92 Å². The Morgan fingerprint density at radius 2 is 2.35 bits per heavy atom. The van der Waals surface area contributed by atoms with Crippen LogP contribution in [-0.4, -0.2) is 28.5 Å². The minimum atomic E-state index is 0.198. The summed E-state index contributed by atoms with van der Waals surface area (Å²) in [6.45, 7) is 7.23. The predicted octanol–water partition coefficient (Wildman–Crippen LogP) is 2.97. The molecule has 1 aromatic heterocycles. The van der Waals surface area contributed by atoms with Crippen LogP contribution in [-0.2, 0) is 11.3 Å². The highest BCUT2D eigenvalue weighted by atomic mass is 16.5. The van der Waals surface area contributed by atoms with Crippen LogP contribution in [0.5, 0.6) is 0 Å².